The second-order valence-electron chi connectivity index (χ2n) is 7.83. The van der Waals surface area contributed by atoms with Crippen molar-refractivity contribution in [2.24, 2.45) is 5.92 Å². The van der Waals surface area contributed by atoms with E-state index in [0.29, 0.717) is 12.0 Å². The molecule has 5 rings (SSSR count). The molecule has 2 aliphatic rings. The molecule has 1 aromatic carbocycles. The number of hydrogen-bond donors (Lipinski definition) is 2. The molecular formula is C21H24N6O. The zero-order chi connectivity index (χ0) is 19.1. The molecule has 2 aromatic heterocycles. The number of H-pyrrole nitrogens is 1. The summed E-state index contributed by atoms with van der Waals surface area (Å²) >= 11 is 0. The Balaban J connectivity index is 1.09. The van der Waals surface area contributed by atoms with Crippen LogP contribution >= 0.6 is 0 Å². The van der Waals surface area contributed by atoms with Gasteiger partial charge in [-0.15, -0.1) is 5.10 Å². The number of nitrogens with one attached hydrogen (secondary N) is 2. The van der Waals surface area contributed by atoms with Gasteiger partial charge in [-0.3, -0.25) is 0 Å². The van der Waals surface area contributed by atoms with Crippen molar-refractivity contribution in [1.82, 2.24) is 25.5 Å². The zero-order valence-corrected chi connectivity index (χ0v) is 15.9. The van der Waals surface area contributed by atoms with Crippen LogP contribution in [-0.4, -0.2) is 45.4 Å². The minimum absolute atomic E-state index is 0.228. The van der Waals surface area contributed by atoms with Crippen molar-refractivity contribution < 1.29 is 4.74 Å². The highest BCUT2D eigenvalue weighted by Crippen LogP contribution is 2.36. The predicted molar refractivity (Wildman–Crippen MR) is 108 cm³/mol. The number of rotatable bonds is 6. The summed E-state index contributed by atoms with van der Waals surface area (Å²) in [6.45, 7) is 8.17. The van der Waals surface area contributed by atoms with Crippen LogP contribution in [0.25, 0.3) is 11.0 Å². The first-order valence-electron chi connectivity index (χ1n) is 9.74. The summed E-state index contributed by atoms with van der Waals surface area (Å²) in [4.78, 5) is 9.71. The molecule has 2 fully saturated rings. The third kappa shape index (κ3) is 3.17. The number of benzene rings is 1. The van der Waals surface area contributed by atoms with Crippen LogP contribution in [0, 0.1) is 12.8 Å². The lowest BCUT2D eigenvalue weighted by Gasteiger charge is -2.44. The van der Waals surface area contributed by atoms with Crippen molar-refractivity contribution in [3.8, 4) is 5.75 Å². The molecule has 144 valence electrons. The average Bonchev–Trinajstić information content (AvgIpc) is 3.09. The van der Waals surface area contributed by atoms with Crippen molar-refractivity contribution in [3.63, 3.8) is 0 Å². The fraction of sp³-hybridized carbons (Fsp3) is 0.381. The Morgan fingerprint density at radius 2 is 2.18 bits per heavy atom. The Kier molecular flexibility index (Phi) is 4.15. The second-order valence-corrected chi connectivity index (χ2v) is 7.83. The normalized spacial score (nSPS) is 21.8. The summed E-state index contributed by atoms with van der Waals surface area (Å²) in [5.41, 5.74) is 4.17. The van der Waals surface area contributed by atoms with E-state index in [-0.39, 0.29) is 6.10 Å². The first kappa shape index (κ1) is 17.0. The summed E-state index contributed by atoms with van der Waals surface area (Å²) in [5, 5.41) is 11.8. The molecule has 1 aliphatic heterocycles. The van der Waals surface area contributed by atoms with Gasteiger partial charge in [0, 0.05) is 24.7 Å². The van der Waals surface area contributed by atoms with Gasteiger partial charge in [0.05, 0.1) is 24.1 Å². The Morgan fingerprint density at radius 3 is 3.00 bits per heavy atom. The number of ether oxygens (including phenoxy) is 1. The number of aryl methyl sites for hydroxylation is 1. The number of allylic oxidation sites excluding steroid dienone is 1. The maximum Gasteiger partial charge on any atom is 0.151 e. The summed E-state index contributed by atoms with van der Waals surface area (Å²) in [5.74, 6) is 2.28. The largest absolute Gasteiger partial charge is 0.488 e. The molecular weight excluding hydrogens is 352 g/mol. The molecule has 1 aliphatic carbocycles. The summed E-state index contributed by atoms with van der Waals surface area (Å²) in [6, 6.07) is 8.49. The molecule has 0 amide bonds. The molecule has 3 heterocycles. The maximum absolute atomic E-state index is 6.16. The highest BCUT2D eigenvalue weighted by Gasteiger charge is 2.36. The standard InChI is InChI=1S/C21H24N6O/c1-13-6-20(26-24-9-13)27-10-16(11-27)25-14(2)15-7-17(8-15)28-19-5-3-4-18-21(19)23-12-22-18/h3-6,9,12,15-17,25H,2,7-8,10-11H2,1H3,(H,22,23). The third-order valence-electron chi connectivity index (χ3n) is 5.67. The van der Waals surface area contributed by atoms with E-state index < -0.39 is 0 Å². The number of aromatic amines is 1. The first-order chi connectivity index (χ1) is 13.7. The van der Waals surface area contributed by atoms with Crippen molar-refractivity contribution in [2.75, 3.05) is 18.0 Å². The van der Waals surface area contributed by atoms with Gasteiger partial charge in [0.2, 0.25) is 0 Å². The molecule has 0 bridgehead atoms. The van der Waals surface area contributed by atoms with E-state index >= 15 is 0 Å². The molecule has 0 radical (unpaired) electrons. The van der Waals surface area contributed by atoms with E-state index in [1.165, 1.54) is 0 Å². The molecule has 0 spiro atoms. The van der Waals surface area contributed by atoms with Crippen LogP contribution in [0.3, 0.4) is 0 Å². The number of hydrogen-bond acceptors (Lipinski definition) is 6. The van der Waals surface area contributed by atoms with Gasteiger partial charge < -0.3 is 19.9 Å². The van der Waals surface area contributed by atoms with E-state index in [0.717, 1.165) is 59.8 Å². The number of imidazole rings is 1. The van der Waals surface area contributed by atoms with Crippen molar-refractivity contribution in [1.29, 1.82) is 0 Å². The van der Waals surface area contributed by atoms with Crippen molar-refractivity contribution >= 4 is 16.9 Å². The lowest BCUT2D eigenvalue weighted by molar-refractivity contribution is 0.0786. The van der Waals surface area contributed by atoms with Crippen LogP contribution in [-0.2, 0) is 0 Å². The van der Waals surface area contributed by atoms with Crippen LogP contribution < -0.4 is 15.0 Å². The molecule has 0 unspecified atom stereocenters. The second kappa shape index (κ2) is 6.82. The van der Waals surface area contributed by atoms with E-state index in [1.807, 2.05) is 25.1 Å². The van der Waals surface area contributed by atoms with Crippen LogP contribution in [0.2, 0.25) is 0 Å². The smallest absolute Gasteiger partial charge is 0.151 e. The minimum Gasteiger partial charge on any atom is -0.488 e. The third-order valence-corrected chi connectivity index (χ3v) is 5.67. The van der Waals surface area contributed by atoms with Gasteiger partial charge in [-0.05, 0) is 43.5 Å². The molecule has 3 aromatic rings. The lowest BCUT2D eigenvalue weighted by Crippen LogP contribution is -2.59. The summed E-state index contributed by atoms with van der Waals surface area (Å²) in [6.07, 6.45) is 5.70. The Hall–Kier alpha value is -3.09. The van der Waals surface area contributed by atoms with Gasteiger partial charge in [-0.2, -0.15) is 5.10 Å². The minimum atomic E-state index is 0.228. The monoisotopic (exact) mass is 376 g/mol. The number of nitrogens with zero attached hydrogens (tertiary/aromatic N) is 4. The highest BCUT2D eigenvalue weighted by molar-refractivity contribution is 5.81. The SMILES string of the molecule is C=C(NC1CN(c2cc(C)cnn2)C1)C1CC(Oc2cccc3[nH]cnc23)C1. The van der Waals surface area contributed by atoms with Gasteiger partial charge in [0.25, 0.3) is 0 Å². The van der Waals surface area contributed by atoms with E-state index in [4.69, 9.17) is 4.74 Å². The molecule has 28 heavy (non-hydrogen) atoms. The Labute approximate surface area is 163 Å². The zero-order valence-electron chi connectivity index (χ0n) is 15.9. The van der Waals surface area contributed by atoms with Gasteiger partial charge in [-0.1, -0.05) is 12.6 Å². The van der Waals surface area contributed by atoms with Crippen LogP contribution in [0.15, 0.2) is 49.1 Å². The van der Waals surface area contributed by atoms with Gasteiger partial charge >= 0.3 is 0 Å². The first-order valence-corrected chi connectivity index (χ1v) is 9.74. The fourth-order valence-corrected chi connectivity index (χ4v) is 3.90. The topological polar surface area (TPSA) is 79.0 Å². The predicted octanol–water partition coefficient (Wildman–Crippen LogP) is 2.81. The number of aromatic nitrogens is 4. The molecule has 7 heteroatoms. The maximum atomic E-state index is 6.16. The molecule has 1 saturated carbocycles. The summed E-state index contributed by atoms with van der Waals surface area (Å²) < 4.78 is 6.16. The lowest BCUT2D eigenvalue weighted by atomic mass is 9.80. The van der Waals surface area contributed by atoms with Crippen LogP contribution in [0.4, 0.5) is 5.82 Å². The van der Waals surface area contributed by atoms with Gasteiger partial charge in [0.15, 0.2) is 5.82 Å². The molecule has 1 saturated heterocycles. The van der Waals surface area contributed by atoms with Crippen molar-refractivity contribution in [3.05, 3.63) is 54.6 Å². The fourth-order valence-electron chi connectivity index (χ4n) is 3.90. The molecule has 7 nitrogen and oxygen atoms in total. The van der Waals surface area contributed by atoms with Crippen LogP contribution in [0.1, 0.15) is 18.4 Å². The van der Waals surface area contributed by atoms with E-state index in [9.17, 15) is 0 Å². The average molecular weight is 376 g/mol. The quantitative estimate of drug-likeness (QED) is 0.689. The number of anilines is 1. The number of fused-ring (bicyclic) bond motifs is 1. The van der Waals surface area contributed by atoms with E-state index in [1.54, 1.807) is 12.5 Å². The van der Waals surface area contributed by atoms with Crippen LogP contribution in [0.5, 0.6) is 5.75 Å². The van der Waals surface area contributed by atoms with Crippen molar-refractivity contribution in [2.45, 2.75) is 31.9 Å². The van der Waals surface area contributed by atoms with E-state index in [2.05, 4.69) is 43.0 Å². The highest BCUT2D eigenvalue weighted by atomic mass is 16.5. The Bertz CT molecular complexity index is 1000. The number of para-hydroxylation sites is 1. The molecule has 2 N–H and O–H groups in total. The Morgan fingerprint density at radius 1 is 1.32 bits per heavy atom. The van der Waals surface area contributed by atoms with Gasteiger partial charge in [0.1, 0.15) is 17.4 Å². The van der Waals surface area contributed by atoms with Gasteiger partial charge in [-0.25, -0.2) is 4.98 Å². The summed E-state index contributed by atoms with van der Waals surface area (Å²) in [7, 11) is 0. The molecule has 0 atom stereocenters.